The van der Waals surface area contributed by atoms with Crippen molar-refractivity contribution in [3.05, 3.63) is 44.9 Å². The summed E-state index contributed by atoms with van der Waals surface area (Å²) in [6.07, 6.45) is 0. The van der Waals surface area contributed by atoms with E-state index in [0.29, 0.717) is 6.61 Å². The fourth-order valence-corrected chi connectivity index (χ4v) is 2.23. The van der Waals surface area contributed by atoms with Crippen LogP contribution in [-0.4, -0.2) is 23.4 Å². The monoisotopic (exact) mass is 373 g/mol. The topological polar surface area (TPSA) is 46.6 Å². The Labute approximate surface area is 121 Å². The Morgan fingerprint density at radius 2 is 1.56 bits per heavy atom. The van der Waals surface area contributed by atoms with Gasteiger partial charge in [0.25, 0.3) is 11.8 Å². The second-order valence-corrected chi connectivity index (χ2v) is 5.22. The molecule has 2 rings (SSSR count). The third kappa shape index (κ3) is 2.71. The van der Waals surface area contributed by atoms with Gasteiger partial charge in [-0.25, -0.2) is 4.90 Å². The van der Waals surface area contributed by atoms with Crippen LogP contribution in [0.2, 0.25) is 0 Å². The number of carbonyl (C=O) groups excluding carboxylic acids is 2. The van der Waals surface area contributed by atoms with Crippen LogP contribution in [0.4, 0.5) is 0 Å². The van der Waals surface area contributed by atoms with Gasteiger partial charge >= 0.3 is 0 Å². The molecule has 18 heavy (non-hydrogen) atoms. The van der Waals surface area contributed by atoms with Gasteiger partial charge in [-0.15, -0.1) is 0 Å². The van der Waals surface area contributed by atoms with Gasteiger partial charge in [-0.3, -0.25) is 9.59 Å². The maximum atomic E-state index is 11.7. The second-order valence-electron chi connectivity index (χ2n) is 3.63. The summed E-state index contributed by atoms with van der Waals surface area (Å²) < 4.78 is 5.82. The molecule has 1 heterocycles. The number of rotatable bonds is 4. The van der Waals surface area contributed by atoms with E-state index in [4.69, 9.17) is 4.74 Å². The Balaban J connectivity index is 1.89. The largest absolute Gasteiger partial charge is 0.356 e. The molecule has 1 aliphatic heterocycles. The van der Waals surface area contributed by atoms with Crippen molar-refractivity contribution in [1.82, 2.24) is 4.90 Å². The molecule has 0 radical (unpaired) electrons. The Bertz CT molecular complexity index is 489. The Morgan fingerprint density at radius 3 is 2.11 bits per heavy atom. The highest BCUT2D eigenvalue weighted by molar-refractivity contribution is 9.14. The van der Waals surface area contributed by atoms with Gasteiger partial charge < -0.3 is 4.74 Å². The molecular weight excluding hydrogens is 366 g/mol. The van der Waals surface area contributed by atoms with Crippen LogP contribution in [-0.2, 0) is 20.9 Å². The maximum absolute atomic E-state index is 11.7. The first-order chi connectivity index (χ1) is 8.61. The van der Waals surface area contributed by atoms with Crippen LogP contribution in [0.25, 0.3) is 0 Å². The maximum Gasteiger partial charge on any atom is 0.271 e. The molecule has 0 bridgehead atoms. The van der Waals surface area contributed by atoms with Gasteiger partial charge in [-0.1, -0.05) is 30.3 Å². The summed E-state index contributed by atoms with van der Waals surface area (Å²) in [7, 11) is 0. The molecule has 6 heteroatoms. The van der Waals surface area contributed by atoms with Gasteiger partial charge in [-0.05, 0) is 37.4 Å². The molecule has 0 fully saturated rings. The molecule has 0 unspecified atom stereocenters. The van der Waals surface area contributed by atoms with E-state index in [-0.39, 0.29) is 27.5 Å². The van der Waals surface area contributed by atoms with Crippen molar-refractivity contribution in [1.29, 1.82) is 0 Å². The number of halogens is 2. The molecule has 1 aromatic rings. The first-order valence-electron chi connectivity index (χ1n) is 5.14. The van der Waals surface area contributed by atoms with Gasteiger partial charge in [0.05, 0.1) is 6.61 Å². The zero-order valence-electron chi connectivity index (χ0n) is 9.23. The van der Waals surface area contributed by atoms with Crippen molar-refractivity contribution in [2.24, 2.45) is 0 Å². The molecule has 94 valence electrons. The molecular formula is C12H9Br2NO3. The van der Waals surface area contributed by atoms with Gasteiger partial charge in [-0.2, -0.15) is 0 Å². The lowest BCUT2D eigenvalue weighted by atomic mass is 10.2. The smallest absolute Gasteiger partial charge is 0.271 e. The number of amides is 2. The molecule has 1 aromatic carbocycles. The fraction of sp³-hybridized carbons (Fsp3) is 0.167. The van der Waals surface area contributed by atoms with E-state index in [1.54, 1.807) is 0 Å². The average Bonchev–Trinajstić information content (AvgIpc) is 2.57. The van der Waals surface area contributed by atoms with Gasteiger partial charge in [0.1, 0.15) is 15.7 Å². The van der Waals surface area contributed by atoms with E-state index in [2.05, 4.69) is 31.9 Å². The predicted octanol–water partition coefficient (Wildman–Crippen LogP) is 2.53. The highest BCUT2D eigenvalue weighted by Gasteiger charge is 2.35. The third-order valence-electron chi connectivity index (χ3n) is 2.39. The van der Waals surface area contributed by atoms with E-state index >= 15 is 0 Å². The number of benzene rings is 1. The molecule has 4 nitrogen and oxygen atoms in total. The molecule has 0 aromatic heterocycles. The van der Waals surface area contributed by atoms with E-state index in [1.165, 1.54) is 0 Å². The number of imide groups is 1. The summed E-state index contributed by atoms with van der Waals surface area (Å²) in [5.74, 6) is -0.778. The predicted molar refractivity (Wildman–Crippen MR) is 72.8 cm³/mol. The van der Waals surface area contributed by atoms with Crippen molar-refractivity contribution in [3.63, 3.8) is 0 Å². The average molecular weight is 375 g/mol. The minimum Gasteiger partial charge on any atom is -0.356 e. The summed E-state index contributed by atoms with van der Waals surface area (Å²) in [5, 5.41) is 0. The molecule has 0 saturated carbocycles. The number of hydrogen-bond acceptors (Lipinski definition) is 3. The van der Waals surface area contributed by atoms with Crippen molar-refractivity contribution in [2.45, 2.75) is 6.61 Å². The van der Waals surface area contributed by atoms with Crippen molar-refractivity contribution < 1.29 is 14.3 Å². The third-order valence-corrected chi connectivity index (χ3v) is 4.39. The number of hydrogen-bond donors (Lipinski definition) is 0. The Morgan fingerprint density at radius 1 is 1.00 bits per heavy atom. The first-order valence-corrected chi connectivity index (χ1v) is 6.73. The lowest BCUT2D eigenvalue weighted by Crippen LogP contribution is -2.33. The summed E-state index contributed by atoms with van der Waals surface area (Å²) in [6, 6.07) is 9.55. The molecule has 0 N–H and O–H groups in total. The van der Waals surface area contributed by atoms with Crippen LogP contribution < -0.4 is 0 Å². The van der Waals surface area contributed by atoms with E-state index in [9.17, 15) is 9.59 Å². The Hall–Kier alpha value is -0.980. The SMILES string of the molecule is O=C1C(Br)=C(Br)C(=O)N1COCc1ccccc1. The van der Waals surface area contributed by atoms with Gasteiger partial charge in [0, 0.05) is 0 Å². The lowest BCUT2D eigenvalue weighted by Gasteiger charge is -2.14. The molecule has 0 saturated heterocycles. The standard InChI is InChI=1S/C12H9Br2NO3/c13-9-10(14)12(17)15(11(9)16)7-18-6-8-4-2-1-3-5-8/h1-5H,6-7H2. The molecule has 2 amide bonds. The molecule has 0 spiro atoms. The zero-order chi connectivity index (χ0) is 13.1. The number of ether oxygens (including phenoxy) is 1. The second kappa shape index (κ2) is 5.77. The summed E-state index contributed by atoms with van der Waals surface area (Å²) in [4.78, 5) is 24.4. The lowest BCUT2D eigenvalue weighted by molar-refractivity contribution is -0.143. The van der Waals surface area contributed by atoms with Crippen LogP contribution in [0.1, 0.15) is 5.56 Å². The summed E-state index contributed by atoms with van der Waals surface area (Å²) in [6.45, 7) is 0.296. The van der Waals surface area contributed by atoms with E-state index < -0.39 is 0 Å². The highest BCUT2D eigenvalue weighted by Crippen LogP contribution is 2.29. The van der Waals surface area contributed by atoms with Crippen molar-refractivity contribution >= 4 is 43.7 Å². The van der Waals surface area contributed by atoms with E-state index in [0.717, 1.165) is 10.5 Å². The first kappa shape index (κ1) is 13.5. The van der Waals surface area contributed by atoms with Crippen LogP contribution in [0.5, 0.6) is 0 Å². The van der Waals surface area contributed by atoms with E-state index in [1.807, 2.05) is 30.3 Å². The zero-order valence-corrected chi connectivity index (χ0v) is 12.4. The molecule has 0 aliphatic carbocycles. The molecule has 0 atom stereocenters. The molecule has 1 aliphatic rings. The normalized spacial score (nSPS) is 15.8. The highest BCUT2D eigenvalue weighted by atomic mass is 79.9. The van der Waals surface area contributed by atoms with Crippen LogP contribution in [0.3, 0.4) is 0 Å². The van der Waals surface area contributed by atoms with Crippen LogP contribution in [0.15, 0.2) is 39.3 Å². The minimum atomic E-state index is -0.389. The quantitative estimate of drug-likeness (QED) is 0.761. The minimum absolute atomic E-state index is 0.0588. The van der Waals surface area contributed by atoms with Gasteiger partial charge in [0.2, 0.25) is 0 Å². The van der Waals surface area contributed by atoms with Crippen LogP contribution >= 0.6 is 31.9 Å². The summed E-state index contributed by atoms with van der Waals surface area (Å²) >= 11 is 6.10. The number of carbonyl (C=O) groups is 2. The van der Waals surface area contributed by atoms with Crippen LogP contribution in [0, 0.1) is 0 Å². The number of nitrogens with zero attached hydrogens (tertiary/aromatic N) is 1. The fourth-order valence-electron chi connectivity index (χ4n) is 1.46. The van der Waals surface area contributed by atoms with Crippen molar-refractivity contribution in [2.75, 3.05) is 6.73 Å². The van der Waals surface area contributed by atoms with Gasteiger partial charge in [0.15, 0.2) is 0 Å². The summed E-state index contributed by atoms with van der Waals surface area (Å²) in [5.41, 5.74) is 0.989. The van der Waals surface area contributed by atoms with Crippen molar-refractivity contribution in [3.8, 4) is 0 Å². The Kier molecular flexibility index (Phi) is 4.31.